The molecule has 0 aliphatic heterocycles. The molecule has 0 aliphatic carbocycles. The molecule has 1 aromatic carbocycles. The summed E-state index contributed by atoms with van der Waals surface area (Å²) in [4.78, 5) is 12.0. The van der Waals surface area contributed by atoms with Crippen molar-refractivity contribution in [1.29, 1.82) is 0 Å². The topological polar surface area (TPSA) is 26.3 Å². The number of benzene rings is 1. The van der Waals surface area contributed by atoms with E-state index in [0.29, 0.717) is 9.90 Å². The summed E-state index contributed by atoms with van der Waals surface area (Å²) in [5, 5.41) is 1.30. The number of halogens is 1. The molecule has 2 rings (SSSR count). The minimum atomic E-state index is -0.468. The fourth-order valence-electron chi connectivity index (χ4n) is 1.32. The number of rotatable bonds is 2. The number of carbonyl (C=O) groups excluding carboxylic acids is 1. The van der Waals surface area contributed by atoms with Crippen molar-refractivity contribution in [1.82, 2.24) is 0 Å². The lowest BCUT2D eigenvalue weighted by Crippen LogP contribution is -2.03. The zero-order chi connectivity index (χ0) is 11.5. The second-order valence-electron chi connectivity index (χ2n) is 3.02. The van der Waals surface area contributed by atoms with Gasteiger partial charge in [-0.15, -0.1) is 17.8 Å². The summed E-state index contributed by atoms with van der Waals surface area (Å²) in [6.45, 7) is -0.0383. The van der Waals surface area contributed by atoms with Gasteiger partial charge in [-0.25, -0.2) is 4.79 Å². The molecule has 16 heavy (non-hydrogen) atoms. The molecular formula is C12H7ClO2S. The lowest BCUT2D eigenvalue weighted by Gasteiger charge is -1.97. The molecule has 0 amide bonds. The van der Waals surface area contributed by atoms with E-state index in [1.807, 2.05) is 24.3 Å². The van der Waals surface area contributed by atoms with Crippen LogP contribution < -0.4 is 0 Å². The molecule has 0 unspecified atom stereocenters. The van der Waals surface area contributed by atoms with Crippen molar-refractivity contribution in [2.75, 3.05) is 6.61 Å². The first kappa shape index (κ1) is 11.0. The quantitative estimate of drug-likeness (QED) is 0.604. The summed E-state index contributed by atoms with van der Waals surface area (Å²) in [5.41, 5.74) is 0. The molecule has 0 saturated carbocycles. The van der Waals surface area contributed by atoms with E-state index in [1.165, 1.54) is 11.3 Å². The summed E-state index contributed by atoms with van der Waals surface area (Å²) in [7, 11) is 0. The molecule has 0 N–H and O–H groups in total. The van der Waals surface area contributed by atoms with Gasteiger partial charge in [0.2, 0.25) is 0 Å². The van der Waals surface area contributed by atoms with Crippen LogP contribution in [0, 0.1) is 12.3 Å². The van der Waals surface area contributed by atoms with Gasteiger partial charge in [0.15, 0.2) is 6.61 Å². The molecule has 2 aromatic rings. The minimum Gasteiger partial charge on any atom is -0.448 e. The van der Waals surface area contributed by atoms with Crippen molar-refractivity contribution in [2.24, 2.45) is 0 Å². The first-order chi connectivity index (χ1) is 7.74. The lowest BCUT2D eigenvalue weighted by atomic mass is 10.2. The van der Waals surface area contributed by atoms with Crippen LogP contribution in [0.5, 0.6) is 0 Å². The Balaban J connectivity index is 2.42. The molecule has 80 valence electrons. The SMILES string of the molecule is C#CCOC(=O)c1sc2ccccc2c1Cl. The maximum absolute atomic E-state index is 11.6. The van der Waals surface area contributed by atoms with Gasteiger partial charge < -0.3 is 4.74 Å². The predicted molar refractivity (Wildman–Crippen MR) is 66.0 cm³/mol. The van der Waals surface area contributed by atoms with E-state index in [0.717, 1.165) is 10.1 Å². The number of ether oxygens (including phenoxy) is 1. The van der Waals surface area contributed by atoms with Gasteiger partial charge >= 0.3 is 5.97 Å². The van der Waals surface area contributed by atoms with Crippen LogP contribution >= 0.6 is 22.9 Å². The van der Waals surface area contributed by atoms with Gasteiger partial charge in [-0.1, -0.05) is 35.7 Å². The Morgan fingerprint density at radius 2 is 2.25 bits per heavy atom. The Hall–Kier alpha value is -1.50. The molecule has 0 fully saturated rings. The highest BCUT2D eigenvalue weighted by Gasteiger charge is 2.17. The Labute approximate surface area is 102 Å². The van der Waals surface area contributed by atoms with Crippen LogP contribution in [-0.2, 0) is 4.74 Å². The monoisotopic (exact) mass is 250 g/mol. The number of esters is 1. The Bertz CT molecular complexity index is 580. The molecule has 0 atom stereocenters. The highest BCUT2D eigenvalue weighted by atomic mass is 35.5. The molecule has 0 aliphatic rings. The Kier molecular flexibility index (Phi) is 3.14. The number of carbonyl (C=O) groups is 1. The van der Waals surface area contributed by atoms with Crippen molar-refractivity contribution < 1.29 is 9.53 Å². The van der Waals surface area contributed by atoms with Gasteiger partial charge in [-0.2, -0.15) is 0 Å². The second kappa shape index (κ2) is 4.56. The Morgan fingerprint density at radius 3 is 2.94 bits per heavy atom. The van der Waals surface area contributed by atoms with Gasteiger partial charge in [-0.05, 0) is 6.07 Å². The highest BCUT2D eigenvalue weighted by molar-refractivity contribution is 7.21. The average Bonchev–Trinajstić information content (AvgIpc) is 2.64. The van der Waals surface area contributed by atoms with Crippen LogP contribution in [0.3, 0.4) is 0 Å². The van der Waals surface area contributed by atoms with E-state index in [4.69, 9.17) is 22.8 Å². The van der Waals surface area contributed by atoms with Crippen LogP contribution in [-0.4, -0.2) is 12.6 Å². The van der Waals surface area contributed by atoms with Gasteiger partial charge in [0.1, 0.15) is 4.88 Å². The van der Waals surface area contributed by atoms with E-state index in [1.54, 1.807) is 0 Å². The molecular weight excluding hydrogens is 244 g/mol. The molecule has 0 saturated heterocycles. The third-order valence-corrected chi connectivity index (χ3v) is 3.66. The van der Waals surface area contributed by atoms with Crippen LogP contribution in [0.15, 0.2) is 24.3 Å². The summed E-state index contributed by atoms with van der Waals surface area (Å²) in [6.07, 6.45) is 5.01. The highest BCUT2D eigenvalue weighted by Crippen LogP contribution is 2.35. The lowest BCUT2D eigenvalue weighted by molar-refractivity contribution is 0.0562. The van der Waals surface area contributed by atoms with Gasteiger partial charge in [0.05, 0.1) is 5.02 Å². The molecule has 0 spiro atoms. The second-order valence-corrected chi connectivity index (χ2v) is 4.45. The molecule has 2 nitrogen and oxygen atoms in total. The van der Waals surface area contributed by atoms with E-state index in [9.17, 15) is 4.79 Å². The number of hydrogen-bond donors (Lipinski definition) is 0. The zero-order valence-corrected chi connectivity index (χ0v) is 9.77. The van der Waals surface area contributed by atoms with Crippen LogP contribution in [0.2, 0.25) is 5.02 Å². The first-order valence-corrected chi connectivity index (χ1v) is 5.71. The maximum atomic E-state index is 11.6. The third-order valence-electron chi connectivity index (χ3n) is 2.01. The zero-order valence-electron chi connectivity index (χ0n) is 8.20. The summed E-state index contributed by atoms with van der Waals surface area (Å²) in [5.74, 6) is 1.77. The normalized spacial score (nSPS) is 10.0. The van der Waals surface area contributed by atoms with Gasteiger partial charge in [0.25, 0.3) is 0 Å². The van der Waals surface area contributed by atoms with Crippen molar-refractivity contribution in [2.45, 2.75) is 0 Å². The fraction of sp³-hybridized carbons (Fsp3) is 0.0833. The molecule has 4 heteroatoms. The molecule has 0 radical (unpaired) electrons. The minimum absolute atomic E-state index is 0.0383. The maximum Gasteiger partial charge on any atom is 0.350 e. The predicted octanol–water partition coefficient (Wildman–Crippen LogP) is 3.34. The van der Waals surface area contributed by atoms with E-state index < -0.39 is 5.97 Å². The molecule has 1 heterocycles. The largest absolute Gasteiger partial charge is 0.448 e. The molecule has 0 bridgehead atoms. The number of thiophene rings is 1. The standard InChI is InChI=1S/C12H7ClO2S/c1-2-7-15-12(14)11-10(13)8-5-3-4-6-9(8)16-11/h1,3-6H,7H2. The van der Waals surface area contributed by atoms with E-state index in [2.05, 4.69) is 5.92 Å². The van der Waals surface area contributed by atoms with Crippen LogP contribution in [0.1, 0.15) is 9.67 Å². The number of terminal acetylenes is 1. The van der Waals surface area contributed by atoms with Crippen molar-refractivity contribution in [3.63, 3.8) is 0 Å². The van der Waals surface area contributed by atoms with E-state index in [-0.39, 0.29) is 6.61 Å². The van der Waals surface area contributed by atoms with Gasteiger partial charge in [0, 0.05) is 10.1 Å². The summed E-state index contributed by atoms with van der Waals surface area (Å²) in [6, 6.07) is 7.54. The van der Waals surface area contributed by atoms with Crippen molar-refractivity contribution in [3.05, 3.63) is 34.2 Å². The molecule has 1 aromatic heterocycles. The number of hydrogen-bond acceptors (Lipinski definition) is 3. The summed E-state index contributed by atoms with van der Waals surface area (Å²) >= 11 is 7.40. The van der Waals surface area contributed by atoms with E-state index >= 15 is 0 Å². The fourth-order valence-corrected chi connectivity index (χ4v) is 2.72. The summed E-state index contributed by atoms with van der Waals surface area (Å²) < 4.78 is 5.80. The Morgan fingerprint density at radius 1 is 1.50 bits per heavy atom. The average molecular weight is 251 g/mol. The number of fused-ring (bicyclic) bond motifs is 1. The van der Waals surface area contributed by atoms with Crippen molar-refractivity contribution in [3.8, 4) is 12.3 Å². The van der Waals surface area contributed by atoms with Gasteiger partial charge in [-0.3, -0.25) is 0 Å². The third kappa shape index (κ3) is 1.90. The van der Waals surface area contributed by atoms with Crippen molar-refractivity contribution >= 4 is 39.0 Å². The van der Waals surface area contributed by atoms with Crippen LogP contribution in [0.4, 0.5) is 0 Å². The first-order valence-electron chi connectivity index (χ1n) is 4.51. The van der Waals surface area contributed by atoms with Crippen LogP contribution in [0.25, 0.3) is 10.1 Å². The smallest absolute Gasteiger partial charge is 0.350 e.